The Morgan fingerprint density at radius 3 is 2.44 bits per heavy atom. The first-order chi connectivity index (χ1) is 7.72. The van der Waals surface area contributed by atoms with E-state index in [2.05, 4.69) is 15.0 Å². The molecule has 0 spiro atoms. The van der Waals surface area contributed by atoms with Gasteiger partial charge in [-0.3, -0.25) is 0 Å². The minimum atomic E-state index is 0.303. The lowest BCUT2D eigenvalue weighted by Gasteiger charge is -2.08. The zero-order chi connectivity index (χ0) is 11.5. The summed E-state index contributed by atoms with van der Waals surface area (Å²) in [4.78, 5) is 11.8. The second kappa shape index (κ2) is 4.74. The summed E-state index contributed by atoms with van der Waals surface area (Å²) in [6.45, 7) is 0.303. The van der Waals surface area contributed by atoms with Crippen LogP contribution in [0.3, 0.4) is 0 Å². The monoisotopic (exact) mass is 254 g/mol. The lowest BCUT2D eigenvalue weighted by atomic mass is 10.1. The van der Waals surface area contributed by atoms with Crippen molar-refractivity contribution in [2.45, 2.75) is 6.54 Å². The Kier molecular flexibility index (Phi) is 3.33. The van der Waals surface area contributed by atoms with Crippen molar-refractivity contribution in [3.8, 4) is 11.4 Å². The molecule has 0 fully saturated rings. The summed E-state index contributed by atoms with van der Waals surface area (Å²) in [5.41, 5.74) is 7.15. The van der Waals surface area contributed by atoms with E-state index in [4.69, 9.17) is 28.9 Å². The standard InChI is InChI=1S/C10H8Cl2N4/c11-6-1-7(8(3-13)9(12)2-6)10-15-4-14-5-16-10/h1-2,4-5H,3,13H2. The van der Waals surface area contributed by atoms with Crippen LogP contribution in [0, 0.1) is 0 Å². The van der Waals surface area contributed by atoms with Crippen LogP contribution in [0.25, 0.3) is 11.4 Å². The first kappa shape index (κ1) is 11.3. The molecule has 0 aliphatic carbocycles. The largest absolute Gasteiger partial charge is 0.326 e. The highest BCUT2D eigenvalue weighted by atomic mass is 35.5. The third-order valence-corrected chi connectivity index (χ3v) is 2.65. The van der Waals surface area contributed by atoms with Crippen LogP contribution in [-0.4, -0.2) is 15.0 Å². The molecular weight excluding hydrogens is 247 g/mol. The minimum absolute atomic E-state index is 0.303. The molecule has 2 N–H and O–H groups in total. The highest BCUT2D eigenvalue weighted by molar-refractivity contribution is 6.35. The van der Waals surface area contributed by atoms with Crippen LogP contribution in [0.15, 0.2) is 24.8 Å². The Labute approximate surface area is 102 Å². The smallest absolute Gasteiger partial charge is 0.163 e. The number of aromatic nitrogens is 3. The third-order valence-electron chi connectivity index (χ3n) is 2.10. The van der Waals surface area contributed by atoms with Gasteiger partial charge in [-0.15, -0.1) is 0 Å². The average Bonchev–Trinajstić information content (AvgIpc) is 2.29. The molecule has 0 radical (unpaired) electrons. The van der Waals surface area contributed by atoms with Gasteiger partial charge in [-0.1, -0.05) is 23.2 Å². The molecule has 2 aromatic rings. The van der Waals surface area contributed by atoms with Crippen LogP contribution in [0.2, 0.25) is 10.0 Å². The topological polar surface area (TPSA) is 64.7 Å². The van der Waals surface area contributed by atoms with Crippen molar-refractivity contribution >= 4 is 23.2 Å². The van der Waals surface area contributed by atoms with Crippen LogP contribution in [0.1, 0.15) is 5.56 Å². The molecule has 1 heterocycles. The molecule has 6 heteroatoms. The molecule has 1 aromatic heterocycles. The molecule has 0 atom stereocenters. The number of benzene rings is 1. The van der Waals surface area contributed by atoms with E-state index < -0.39 is 0 Å². The van der Waals surface area contributed by atoms with E-state index >= 15 is 0 Å². The number of rotatable bonds is 2. The second-order valence-corrected chi connectivity index (χ2v) is 3.92. The summed E-state index contributed by atoms with van der Waals surface area (Å²) in [5.74, 6) is 0.514. The van der Waals surface area contributed by atoms with E-state index in [-0.39, 0.29) is 0 Å². The van der Waals surface area contributed by atoms with Crippen molar-refractivity contribution in [1.82, 2.24) is 15.0 Å². The fourth-order valence-electron chi connectivity index (χ4n) is 1.39. The average molecular weight is 255 g/mol. The van der Waals surface area contributed by atoms with Gasteiger partial charge >= 0.3 is 0 Å². The van der Waals surface area contributed by atoms with Crippen LogP contribution >= 0.6 is 23.2 Å². The molecule has 1 aromatic carbocycles. The van der Waals surface area contributed by atoms with Gasteiger partial charge in [0.25, 0.3) is 0 Å². The van der Waals surface area contributed by atoms with E-state index in [1.807, 2.05) is 0 Å². The lowest BCUT2D eigenvalue weighted by molar-refractivity contribution is 1.03. The molecular formula is C10H8Cl2N4. The predicted octanol–water partition coefficient (Wildman–Crippen LogP) is 2.30. The quantitative estimate of drug-likeness (QED) is 0.894. The molecule has 0 saturated heterocycles. The van der Waals surface area contributed by atoms with Crippen molar-refractivity contribution in [1.29, 1.82) is 0 Å². The van der Waals surface area contributed by atoms with E-state index in [9.17, 15) is 0 Å². The summed E-state index contributed by atoms with van der Waals surface area (Å²) in [6, 6.07) is 3.39. The van der Waals surface area contributed by atoms with Crippen molar-refractivity contribution < 1.29 is 0 Å². The van der Waals surface area contributed by atoms with Crippen molar-refractivity contribution in [3.63, 3.8) is 0 Å². The van der Waals surface area contributed by atoms with Crippen molar-refractivity contribution in [3.05, 3.63) is 40.4 Å². The molecule has 0 aliphatic rings. The van der Waals surface area contributed by atoms with Crippen molar-refractivity contribution in [2.24, 2.45) is 5.73 Å². The SMILES string of the molecule is NCc1c(Cl)cc(Cl)cc1-c1ncncn1. The van der Waals surface area contributed by atoms with Gasteiger partial charge < -0.3 is 5.73 Å². The number of nitrogens with zero attached hydrogens (tertiary/aromatic N) is 3. The zero-order valence-electron chi connectivity index (χ0n) is 8.19. The molecule has 0 aliphatic heterocycles. The van der Waals surface area contributed by atoms with Gasteiger partial charge in [0, 0.05) is 22.2 Å². The normalized spacial score (nSPS) is 10.4. The van der Waals surface area contributed by atoms with E-state index in [0.717, 1.165) is 11.1 Å². The first-order valence-corrected chi connectivity index (χ1v) is 5.28. The highest BCUT2D eigenvalue weighted by Gasteiger charge is 2.11. The Morgan fingerprint density at radius 2 is 1.81 bits per heavy atom. The van der Waals surface area contributed by atoms with E-state index in [0.29, 0.717) is 22.4 Å². The van der Waals surface area contributed by atoms with Gasteiger partial charge in [-0.25, -0.2) is 15.0 Å². The predicted molar refractivity (Wildman–Crippen MR) is 63.2 cm³/mol. The Bertz CT molecular complexity index is 502. The molecule has 4 nitrogen and oxygen atoms in total. The van der Waals surface area contributed by atoms with Gasteiger partial charge in [0.1, 0.15) is 12.7 Å². The summed E-state index contributed by atoms with van der Waals surface area (Å²) in [6.07, 6.45) is 2.83. The Balaban J connectivity index is 2.64. The lowest BCUT2D eigenvalue weighted by Crippen LogP contribution is -2.02. The van der Waals surface area contributed by atoms with Gasteiger partial charge in [0.15, 0.2) is 5.82 Å². The summed E-state index contributed by atoms with van der Waals surface area (Å²) >= 11 is 12.0. The number of hydrogen-bond acceptors (Lipinski definition) is 4. The number of nitrogens with two attached hydrogens (primary N) is 1. The number of hydrogen-bond donors (Lipinski definition) is 1. The van der Waals surface area contributed by atoms with Crippen LogP contribution in [-0.2, 0) is 6.54 Å². The van der Waals surface area contributed by atoms with Crippen LogP contribution < -0.4 is 5.73 Å². The first-order valence-electron chi connectivity index (χ1n) is 4.52. The fraction of sp³-hybridized carbons (Fsp3) is 0.100. The van der Waals surface area contributed by atoms with Crippen LogP contribution in [0.5, 0.6) is 0 Å². The van der Waals surface area contributed by atoms with Gasteiger partial charge in [-0.2, -0.15) is 0 Å². The van der Waals surface area contributed by atoms with Crippen molar-refractivity contribution in [2.75, 3.05) is 0 Å². The fourth-order valence-corrected chi connectivity index (χ4v) is 1.96. The third kappa shape index (κ3) is 2.14. The van der Waals surface area contributed by atoms with E-state index in [1.165, 1.54) is 12.7 Å². The van der Waals surface area contributed by atoms with Gasteiger partial charge in [0.2, 0.25) is 0 Å². The molecule has 0 unspecified atom stereocenters. The zero-order valence-corrected chi connectivity index (χ0v) is 9.70. The molecule has 0 saturated carbocycles. The van der Waals surface area contributed by atoms with Gasteiger partial charge in [0.05, 0.1) is 0 Å². The maximum atomic E-state index is 6.05. The molecule has 82 valence electrons. The second-order valence-electron chi connectivity index (χ2n) is 3.08. The summed E-state index contributed by atoms with van der Waals surface area (Å²) < 4.78 is 0. The van der Waals surface area contributed by atoms with Gasteiger partial charge in [-0.05, 0) is 17.7 Å². The molecule has 16 heavy (non-hydrogen) atoms. The Hall–Kier alpha value is -1.23. The molecule has 2 rings (SSSR count). The molecule has 0 amide bonds. The molecule has 0 bridgehead atoms. The number of halogens is 2. The maximum Gasteiger partial charge on any atom is 0.163 e. The van der Waals surface area contributed by atoms with Crippen LogP contribution in [0.4, 0.5) is 0 Å². The summed E-state index contributed by atoms with van der Waals surface area (Å²) in [5, 5.41) is 1.04. The summed E-state index contributed by atoms with van der Waals surface area (Å²) in [7, 11) is 0. The minimum Gasteiger partial charge on any atom is -0.326 e. The maximum absolute atomic E-state index is 6.05. The highest BCUT2D eigenvalue weighted by Crippen LogP contribution is 2.30. The Morgan fingerprint density at radius 1 is 1.12 bits per heavy atom. The van der Waals surface area contributed by atoms with E-state index in [1.54, 1.807) is 12.1 Å².